The molecule has 1 saturated heterocycles. The van der Waals surface area contributed by atoms with E-state index in [1.807, 2.05) is 0 Å². The van der Waals surface area contributed by atoms with Crippen LogP contribution in [0.2, 0.25) is 5.02 Å². The maximum Gasteiger partial charge on any atom is 0.547 e. The van der Waals surface area contributed by atoms with E-state index in [9.17, 15) is 57.9 Å². The van der Waals surface area contributed by atoms with Crippen LogP contribution in [0.3, 0.4) is 0 Å². The van der Waals surface area contributed by atoms with Gasteiger partial charge in [-0.05, 0) is 42.7 Å². The molecule has 0 aromatic heterocycles. The number of fused-ring (bicyclic) bond motifs is 1. The van der Waals surface area contributed by atoms with Gasteiger partial charge < -0.3 is 45.8 Å². The predicted molar refractivity (Wildman–Crippen MR) is 175 cm³/mol. The molecule has 1 unspecified atom stereocenters. The number of hydrogen-bond donors (Lipinski definition) is 7. The third-order valence-corrected chi connectivity index (χ3v) is 8.67. The summed E-state index contributed by atoms with van der Waals surface area (Å²) in [5.74, 6) is -12.5. The number of piperazine rings is 1. The van der Waals surface area contributed by atoms with Crippen LogP contribution in [0, 0.1) is 11.6 Å². The van der Waals surface area contributed by atoms with Gasteiger partial charge in [-0.25, -0.2) is 18.4 Å². The first-order valence-electron chi connectivity index (χ1n) is 15.5. The number of rotatable bonds is 10. The lowest BCUT2D eigenvalue weighted by Crippen LogP contribution is -2.60. The molecule has 1 fully saturated rings. The molecule has 2 atom stereocenters. The number of halogens is 3. The molecule has 272 valence electrons. The van der Waals surface area contributed by atoms with Gasteiger partial charge in [-0.15, -0.1) is 0 Å². The molecular weight excluding hydrogens is 715 g/mol. The number of aromatic hydroxyl groups is 2. The van der Waals surface area contributed by atoms with E-state index in [0.717, 1.165) is 12.1 Å². The van der Waals surface area contributed by atoms with E-state index in [4.69, 9.17) is 16.3 Å². The summed E-state index contributed by atoms with van der Waals surface area (Å²) in [6, 6.07) is 7.56. The van der Waals surface area contributed by atoms with Crippen LogP contribution in [0.5, 0.6) is 17.2 Å². The first kappa shape index (κ1) is 37.3. The molecular formula is C32H29BClF2N5O11. The Kier molecular flexibility index (Phi) is 11.1. The Balaban J connectivity index is 1.29. The first-order chi connectivity index (χ1) is 24.7. The van der Waals surface area contributed by atoms with Crippen molar-refractivity contribution in [3.05, 3.63) is 87.4 Å². The van der Waals surface area contributed by atoms with Gasteiger partial charge in [0, 0.05) is 37.3 Å². The van der Waals surface area contributed by atoms with Crippen LogP contribution < -0.4 is 20.6 Å². The number of hydrogen-bond acceptors (Lipinski definition) is 10. The maximum absolute atomic E-state index is 14.6. The number of phenolic OH excluding ortho intramolecular Hbond substituents is 2. The molecule has 2 aliphatic heterocycles. The number of carbonyl (C=O) groups excluding carboxylic acids is 5. The van der Waals surface area contributed by atoms with Crippen molar-refractivity contribution >= 4 is 54.3 Å². The van der Waals surface area contributed by atoms with Crippen LogP contribution in [-0.2, 0) is 20.8 Å². The van der Waals surface area contributed by atoms with E-state index in [-0.39, 0.29) is 50.5 Å². The van der Waals surface area contributed by atoms with E-state index in [2.05, 4.69) is 16.0 Å². The molecule has 0 aliphatic carbocycles. The summed E-state index contributed by atoms with van der Waals surface area (Å²) in [7, 11) is -1.97. The van der Waals surface area contributed by atoms with Gasteiger partial charge in [0.1, 0.15) is 23.2 Å². The van der Waals surface area contributed by atoms with E-state index in [1.165, 1.54) is 4.90 Å². The number of carboxylic acids is 1. The zero-order chi connectivity index (χ0) is 37.9. The second-order valence-electron chi connectivity index (χ2n) is 11.6. The first-order valence-corrected chi connectivity index (χ1v) is 15.9. The standard InChI is InChI=1S/C32H29BClF2N5O11/c34-22-17(14-19(36)24(42)25(22)43)23(28(45)38-20-13-16-7-8-18(35)21(31(48)49)26(16)52-33(20)51)39-32(50)41-12-11-40(29(46)30(41)47)10-4-9-37-27(44)15-5-2-1-3-6-15/h1-3,5-8,14,20,23,42-43,51H,4,9-13H2,(H,37,44)(H,38,45)(H,39,50)(H,48,49)/t20-,23?/m0/s1. The molecule has 0 saturated carbocycles. The molecule has 0 bridgehead atoms. The summed E-state index contributed by atoms with van der Waals surface area (Å²) in [6.07, 6.45) is -0.0501. The minimum atomic E-state index is -2.05. The number of aromatic carboxylic acids is 1. The van der Waals surface area contributed by atoms with E-state index >= 15 is 0 Å². The van der Waals surface area contributed by atoms with Crippen molar-refractivity contribution < 1.29 is 62.5 Å². The van der Waals surface area contributed by atoms with E-state index < -0.39 is 93.9 Å². The minimum absolute atomic E-state index is 0.0529. The van der Waals surface area contributed by atoms with Gasteiger partial charge >= 0.3 is 30.9 Å². The molecule has 5 rings (SSSR count). The van der Waals surface area contributed by atoms with Gasteiger partial charge in [-0.3, -0.25) is 24.1 Å². The molecule has 16 nitrogen and oxygen atoms in total. The molecule has 2 heterocycles. The van der Waals surface area contributed by atoms with Crippen molar-refractivity contribution in [3.8, 4) is 17.2 Å². The minimum Gasteiger partial charge on any atom is -0.534 e. The van der Waals surface area contributed by atoms with Crippen LogP contribution in [0.1, 0.15) is 44.3 Å². The summed E-state index contributed by atoms with van der Waals surface area (Å²) >= 11 is 6.12. The number of carbonyl (C=O) groups is 6. The normalized spacial score (nSPS) is 16.1. The molecule has 2 aliphatic rings. The number of carboxylic acid groups (broad SMARTS) is 1. The zero-order valence-electron chi connectivity index (χ0n) is 26.8. The number of amides is 6. The van der Waals surface area contributed by atoms with Crippen LogP contribution >= 0.6 is 11.6 Å². The topological polar surface area (TPSA) is 235 Å². The SMILES string of the molecule is O=C(NCCCN1CCN(C(=O)NC(C(=O)N[C@H]2Cc3ccc(F)c(C(=O)O)c3OB2O)c2cc(F)c(O)c(O)c2Cl)C(=O)C1=O)c1ccccc1. The Morgan fingerprint density at radius 2 is 1.71 bits per heavy atom. The monoisotopic (exact) mass is 743 g/mol. The second-order valence-corrected chi connectivity index (χ2v) is 12.0. The van der Waals surface area contributed by atoms with Gasteiger partial charge in [0.05, 0.1) is 11.0 Å². The van der Waals surface area contributed by atoms with Gasteiger partial charge in [-0.2, -0.15) is 0 Å². The highest BCUT2D eigenvalue weighted by molar-refractivity contribution is 6.47. The summed E-state index contributed by atoms with van der Waals surface area (Å²) < 4.78 is 34.0. The molecule has 3 aromatic rings. The highest BCUT2D eigenvalue weighted by Crippen LogP contribution is 2.40. The third kappa shape index (κ3) is 7.69. The van der Waals surface area contributed by atoms with Crippen LogP contribution in [-0.4, -0.2) is 105 Å². The van der Waals surface area contributed by atoms with Crippen molar-refractivity contribution in [3.63, 3.8) is 0 Å². The summed E-state index contributed by atoms with van der Waals surface area (Å²) in [6.45, 7) is -0.246. The molecule has 0 spiro atoms. The van der Waals surface area contributed by atoms with Crippen LogP contribution in [0.15, 0.2) is 48.5 Å². The van der Waals surface area contributed by atoms with Crippen molar-refractivity contribution in [2.45, 2.75) is 24.8 Å². The lowest BCUT2D eigenvalue weighted by atomic mass is 9.72. The summed E-state index contributed by atoms with van der Waals surface area (Å²) in [4.78, 5) is 78.5. The number of nitrogens with zero attached hydrogens (tertiary/aromatic N) is 2. The third-order valence-electron chi connectivity index (χ3n) is 8.27. The van der Waals surface area contributed by atoms with E-state index in [0.29, 0.717) is 16.5 Å². The average Bonchev–Trinajstić information content (AvgIpc) is 3.11. The number of imide groups is 1. The Labute approximate surface area is 298 Å². The summed E-state index contributed by atoms with van der Waals surface area (Å²) in [5, 5.41) is 46.4. The van der Waals surface area contributed by atoms with Crippen LogP contribution in [0.25, 0.3) is 0 Å². The van der Waals surface area contributed by atoms with Gasteiger partial charge in [0.2, 0.25) is 5.91 Å². The fraction of sp³-hybridized carbons (Fsp3) is 0.250. The second kappa shape index (κ2) is 15.5. The lowest BCUT2D eigenvalue weighted by Gasteiger charge is -2.34. The van der Waals surface area contributed by atoms with Crippen LogP contribution in [0.4, 0.5) is 13.6 Å². The smallest absolute Gasteiger partial charge is 0.534 e. The zero-order valence-corrected chi connectivity index (χ0v) is 27.5. The Morgan fingerprint density at radius 3 is 2.40 bits per heavy atom. The number of nitrogens with one attached hydrogen (secondary N) is 3. The fourth-order valence-electron chi connectivity index (χ4n) is 5.59. The van der Waals surface area contributed by atoms with E-state index in [1.54, 1.807) is 30.3 Å². The summed E-state index contributed by atoms with van der Waals surface area (Å²) in [5.41, 5.74) is -0.965. The predicted octanol–water partition coefficient (Wildman–Crippen LogP) is 1.11. The highest BCUT2D eigenvalue weighted by atomic mass is 35.5. The van der Waals surface area contributed by atoms with Gasteiger partial charge in [-0.1, -0.05) is 35.9 Å². The molecule has 20 heteroatoms. The number of phenols is 2. The molecule has 3 aromatic carbocycles. The van der Waals surface area contributed by atoms with Gasteiger partial charge in [0.15, 0.2) is 17.3 Å². The highest BCUT2D eigenvalue weighted by Gasteiger charge is 2.42. The Morgan fingerprint density at radius 1 is 1.00 bits per heavy atom. The fourth-order valence-corrected chi connectivity index (χ4v) is 5.84. The average molecular weight is 744 g/mol. The lowest BCUT2D eigenvalue weighted by molar-refractivity contribution is -0.153. The molecule has 7 N–H and O–H groups in total. The van der Waals surface area contributed by atoms with Crippen molar-refractivity contribution in [2.75, 3.05) is 26.2 Å². The van der Waals surface area contributed by atoms with Crippen molar-refractivity contribution in [1.29, 1.82) is 0 Å². The molecule has 0 radical (unpaired) electrons. The quantitative estimate of drug-likeness (QED) is 0.0673. The van der Waals surface area contributed by atoms with Crippen molar-refractivity contribution in [1.82, 2.24) is 25.8 Å². The Bertz CT molecular complexity index is 1960. The number of urea groups is 1. The van der Waals surface area contributed by atoms with Gasteiger partial charge in [0.25, 0.3) is 5.91 Å². The van der Waals surface area contributed by atoms with Crippen molar-refractivity contribution in [2.24, 2.45) is 0 Å². The Hall–Kier alpha value is -5.95. The molecule has 6 amide bonds. The maximum atomic E-state index is 14.6. The molecule has 52 heavy (non-hydrogen) atoms. The largest absolute Gasteiger partial charge is 0.547 e. The number of benzene rings is 3.